The fourth-order valence-corrected chi connectivity index (χ4v) is 3.35. The second kappa shape index (κ2) is 17.6. The van der Waals surface area contributed by atoms with E-state index >= 15 is 0 Å². The molecule has 2 N–H and O–H groups in total. The third-order valence-electron chi connectivity index (χ3n) is 5.76. The van der Waals surface area contributed by atoms with E-state index in [1.54, 1.807) is 43.3 Å². The normalized spacial score (nSPS) is 12.3. The number of hydrogen-bond donors (Lipinski definition) is 1. The minimum Gasteiger partial charge on any atom is -0.458 e. The van der Waals surface area contributed by atoms with Crippen LogP contribution < -0.4 is 15.2 Å². The Hall–Kier alpha value is -4.12. The highest BCUT2D eigenvalue weighted by atomic mass is 16.7. The molecule has 0 unspecified atom stereocenters. The molecule has 2 rings (SSSR count). The molecule has 11 heteroatoms. The van der Waals surface area contributed by atoms with Crippen molar-refractivity contribution in [3.05, 3.63) is 59.7 Å². The summed E-state index contributed by atoms with van der Waals surface area (Å²) in [6.45, 7) is 9.71. The molecule has 0 aliphatic carbocycles. The molecule has 0 radical (unpaired) electrons. The lowest BCUT2D eigenvalue weighted by Gasteiger charge is -2.18. The molecule has 0 amide bonds. The van der Waals surface area contributed by atoms with Gasteiger partial charge in [-0.3, -0.25) is 4.79 Å². The number of hydrogen-bond acceptors (Lipinski definition) is 11. The number of rotatable bonds is 15. The summed E-state index contributed by atoms with van der Waals surface area (Å²) in [6.07, 6.45) is -1.37. The Morgan fingerprint density at radius 3 is 1.88 bits per heavy atom. The molecule has 0 saturated carbocycles. The van der Waals surface area contributed by atoms with Crippen molar-refractivity contribution < 1.29 is 47.6 Å². The molecule has 0 aliphatic rings. The van der Waals surface area contributed by atoms with Crippen molar-refractivity contribution in [2.24, 2.45) is 17.6 Å². The molecule has 0 spiro atoms. The van der Waals surface area contributed by atoms with Crippen molar-refractivity contribution in [3.8, 4) is 11.5 Å². The van der Waals surface area contributed by atoms with E-state index in [0.717, 1.165) is 0 Å². The molecule has 0 aliphatic heterocycles. The van der Waals surface area contributed by atoms with Gasteiger partial charge < -0.3 is 34.2 Å². The van der Waals surface area contributed by atoms with Crippen molar-refractivity contribution in [3.63, 3.8) is 0 Å². The Kier molecular flexibility index (Phi) is 14.3. The number of benzene rings is 2. The van der Waals surface area contributed by atoms with E-state index in [4.69, 9.17) is 34.2 Å². The number of nitrogens with two attached hydrogens (primary N) is 1. The Morgan fingerprint density at radius 2 is 1.31 bits per heavy atom. The van der Waals surface area contributed by atoms with Gasteiger partial charge in [0.2, 0.25) is 0 Å². The molecule has 0 fully saturated rings. The van der Waals surface area contributed by atoms with E-state index < -0.39 is 36.4 Å². The molecule has 0 heterocycles. The highest BCUT2D eigenvalue weighted by Gasteiger charge is 2.22. The molecular weight excluding hydrogens is 546 g/mol. The van der Waals surface area contributed by atoms with Gasteiger partial charge in [-0.05, 0) is 67.9 Å². The quantitative estimate of drug-likeness (QED) is 0.161. The van der Waals surface area contributed by atoms with Gasteiger partial charge in [0.1, 0.15) is 18.8 Å². The highest BCUT2D eigenvalue weighted by molar-refractivity contribution is 5.89. The van der Waals surface area contributed by atoms with Crippen LogP contribution in [0.1, 0.15) is 63.4 Å². The second-order valence-corrected chi connectivity index (χ2v) is 10.6. The van der Waals surface area contributed by atoms with Gasteiger partial charge in [-0.1, -0.05) is 52.0 Å². The maximum Gasteiger partial charge on any atom is 0.513 e. The average Bonchev–Trinajstić information content (AvgIpc) is 2.93. The minimum absolute atomic E-state index is 0.00717. The first-order valence-corrected chi connectivity index (χ1v) is 13.9. The van der Waals surface area contributed by atoms with Crippen molar-refractivity contribution >= 4 is 24.2 Å². The van der Waals surface area contributed by atoms with Crippen LogP contribution in [0.3, 0.4) is 0 Å². The van der Waals surface area contributed by atoms with Crippen molar-refractivity contribution in [1.29, 1.82) is 0 Å². The first kappa shape index (κ1) is 34.1. The van der Waals surface area contributed by atoms with E-state index in [9.17, 15) is 19.2 Å². The lowest BCUT2D eigenvalue weighted by molar-refractivity contribution is -0.151. The van der Waals surface area contributed by atoms with Crippen LogP contribution in [0, 0.1) is 11.8 Å². The van der Waals surface area contributed by atoms with Crippen LogP contribution in [-0.4, -0.2) is 56.2 Å². The van der Waals surface area contributed by atoms with E-state index in [1.807, 2.05) is 27.7 Å². The molecule has 42 heavy (non-hydrogen) atoms. The van der Waals surface area contributed by atoms with Crippen LogP contribution in [0.15, 0.2) is 48.5 Å². The first-order chi connectivity index (χ1) is 19.9. The van der Waals surface area contributed by atoms with Crippen molar-refractivity contribution in [1.82, 2.24) is 0 Å². The van der Waals surface area contributed by atoms with Crippen LogP contribution in [0.2, 0.25) is 0 Å². The molecule has 0 aromatic heterocycles. The van der Waals surface area contributed by atoms with Gasteiger partial charge in [-0.2, -0.15) is 0 Å². The summed E-state index contributed by atoms with van der Waals surface area (Å²) in [4.78, 5) is 49.2. The van der Waals surface area contributed by atoms with Gasteiger partial charge in [0.25, 0.3) is 0 Å². The maximum absolute atomic E-state index is 12.6. The summed E-state index contributed by atoms with van der Waals surface area (Å²) in [6, 6.07) is 11.7. The zero-order valence-corrected chi connectivity index (χ0v) is 24.8. The molecular formula is C31H41NO10. The van der Waals surface area contributed by atoms with Crippen LogP contribution in [-0.2, 0) is 30.2 Å². The summed E-state index contributed by atoms with van der Waals surface area (Å²) in [5.74, 6) is -0.781. The predicted molar refractivity (Wildman–Crippen MR) is 153 cm³/mol. The van der Waals surface area contributed by atoms with Crippen LogP contribution in [0.25, 0.3) is 0 Å². The minimum atomic E-state index is -1.09. The molecule has 11 nitrogen and oxygen atoms in total. The van der Waals surface area contributed by atoms with Crippen LogP contribution >= 0.6 is 0 Å². The van der Waals surface area contributed by atoms with E-state index in [2.05, 4.69) is 0 Å². The third-order valence-corrected chi connectivity index (χ3v) is 5.76. The topological polar surface area (TPSA) is 150 Å². The number of carbonyl (C=O) groups is 4. The average molecular weight is 588 g/mol. The zero-order valence-electron chi connectivity index (χ0n) is 24.8. The molecule has 2 aromatic carbocycles. The van der Waals surface area contributed by atoms with Gasteiger partial charge in [-0.25, -0.2) is 14.4 Å². The van der Waals surface area contributed by atoms with Gasteiger partial charge in [0, 0.05) is 0 Å². The molecule has 2 atom stereocenters. The van der Waals surface area contributed by atoms with E-state index in [0.29, 0.717) is 35.8 Å². The van der Waals surface area contributed by atoms with Crippen molar-refractivity contribution in [2.45, 2.75) is 66.0 Å². The first-order valence-electron chi connectivity index (χ1n) is 13.9. The number of ether oxygens (including phenoxy) is 6. The van der Waals surface area contributed by atoms with Gasteiger partial charge in [0.05, 0.1) is 18.8 Å². The standard InChI is InChI=1S/C31H41NO10/c1-20(2)13-15-37-30(35)41-26-12-11-23(18-27(26)42-31(36)38-16-14-21(3)4)17-25(32)29(34)40-22(5)19-39-28(33)24-9-7-6-8-10-24/h6-12,18,20-22,25H,13-17,19,32H2,1-5H3/t22-,25-/m0/s1. The Bertz CT molecular complexity index is 1170. The van der Waals surface area contributed by atoms with Crippen molar-refractivity contribution in [2.75, 3.05) is 19.8 Å². The third kappa shape index (κ3) is 13.0. The smallest absolute Gasteiger partial charge is 0.458 e. The SMILES string of the molecule is CC(C)CCOC(=O)Oc1ccc(C[C@H](N)C(=O)O[C@@H](C)COC(=O)c2ccccc2)cc1OC(=O)OCCC(C)C. The summed E-state index contributed by atoms with van der Waals surface area (Å²) in [5.41, 5.74) is 6.94. The Morgan fingerprint density at radius 1 is 0.738 bits per heavy atom. The lowest BCUT2D eigenvalue weighted by atomic mass is 10.1. The van der Waals surface area contributed by atoms with Gasteiger partial charge in [0.15, 0.2) is 11.5 Å². The summed E-state index contributed by atoms with van der Waals surface area (Å²) < 4.78 is 31.3. The fourth-order valence-electron chi connectivity index (χ4n) is 3.35. The Balaban J connectivity index is 2.01. The zero-order chi connectivity index (χ0) is 31.1. The summed E-state index contributed by atoms with van der Waals surface area (Å²) >= 11 is 0. The molecule has 2 aromatic rings. The maximum atomic E-state index is 12.6. The van der Waals surface area contributed by atoms with Crippen LogP contribution in [0.5, 0.6) is 11.5 Å². The molecule has 230 valence electrons. The summed E-state index contributed by atoms with van der Waals surface area (Å²) in [5, 5.41) is 0. The number of esters is 2. The number of carbonyl (C=O) groups excluding carboxylic acids is 4. The molecule has 0 bridgehead atoms. The van der Waals surface area contributed by atoms with E-state index in [-0.39, 0.29) is 37.7 Å². The molecule has 0 saturated heterocycles. The largest absolute Gasteiger partial charge is 0.513 e. The predicted octanol–water partition coefficient (Wildman–Crippen LogP) is 5.47. The van der Waals surface area contributed by atoms with Gasteiger partial charge >= 0.3 is 24.2 Å². The Labute approximate surface area is 246 Å². The lowest BCUT2D eigenvalue weighted by Crippen LogP contribution is -2.37. The second-order valence-electron chi connectivity index (χ2n) is 10.6. The fraction of sp³-hybridized carbons (Fsp3) is 0.484. The monoisotopic (exact) mass is 587 g/mol. The highest BCUT2D eigenvalue weighted by Crippen LogP contribution is 2.30. The van der Waals surface area contributed by atoms with Crippen LogP contribution in [0.4, 0.5) is 9.59 Å². The van der Waals surface area contributed by atoms with Gasteiger partial charge in [-0.15, -0.1) is 0 Å². The van der Waals surface area contributed by atoms with E-state index in [1.165, 1.54) is 12.1 Å². The summed E-state index contributed by atoms with van der Waals surface area (Å²) in [7, 11) is 0.